The fourth-order valence-corrected chi connectivity index (χ4v) is 2.96. The predicted molar refractivity (Wildman–Crippen MR) is 69.3 cm³/mol. The van der Waals surface area contributed by atoms with E-state index in [-0.39, 0.29) is 17.4 Å². The third-order valence-corrected chi connectivity index (χ3v) is 4.11. The molecule has 1 atom stereocenters. The van der Waals surface area contributed by atoms with Gasteiger partial charge >= 0.3 is 6.18 Å². The molecule has 1 N–H and O–H groups in total. The number of hydrogen-bond donors (Lipinski definition) is 1. The molecule has 1 fully saturated rings. The van der Waals surface area contributed by atoms with E-state index >= 15 is 0 Å². The molecule has 1 aliphatic rings. The normalized spacial score (nSPS) is 19.0. The zero-order valence-corrected chi connectivity index (χ0v) is 12.1. The summed E-state index contributed by atoms with van der Waals surface area (Å²) in [6.45, 7) is 0.860. The maximum absolute atomic E-state index is 12.7. The number of nitrogens with one attached hydrogen (secondary N) is 1. The third-order valence-electron chi connectivity index (χ3n) is 3.15. The van der Waals surface area contributed by atoms with Crippen LogP contribution in [-0.4, -0.2) is 45.0 Å². The molecule has 7 nitrogen and oxygen atoms in total. The Morgan fingerprint density at radius 1 is 1.45 bits per heavy atom. The zero-order valence-electron chi connectivity index (χ0n) is 11.3. The van der Waals surface area contributed by atoms with Crippen LogP contribution in [0.4, 0.5) is 13.2 Å². The second-order valence-corrected chi connectivity index (χ2v) is 5.79. The molecule has 0 aliphatic carbocycles. The van der Waals surface area contributed by atoms with Crippen LogP contribution in [-0.2, 0) is 22.1 Å². The summed E-state index contributed by atoms with van der Waals surface area (Å²) in [6, 6.07) is 0. The van der Waals surface area contributed by atoms with E-state index in [0.29, 0.717) is 29.0 Å². The van der Waals surface area contributed by atoms with Crippen LogP contribution < -0.4 is 5.32 Å². The molecule has 11 heteroatoms. The number of rotatable bonds is 4. The van der Waals surface area contributed by atoms with Crippen molar-refractivity contribution in [3.05, 3.63) is 10.8 Å². The molecule has 0 radical (unpaired) electrons. The summed E-state index contributed by atoms with van der Waals surface area (Å²) < 4.78 is 43.9. The molecule has 3 heterocycles. The molecule has 2 aromatic rings. The van der Waals surface area contributed by atoms with Crippen LogP contribution in [0.1, 0.15) is 23.7 Å². The average molecular weight is 335 g/mol. The lowest BCUT2D eigenvalue weighted by atomic mass is 10.2. The van der Waals surface area contributed by atoms with Crippen LogP contribution in [0, 0.1) is 0 Å². The fraction of sp³-hybridized carbons (Fsp3) is 0.636. The van der Waals surface area contributed by atoms with E-state index in [1.54, 1.807) is 0 Å². The van der Waals surface area contributed by atoms with Crippen molar-refractivity contribution in [2.45, 2.75) is 31.5 Å². The van der Waals surface area contributed by atoms with Crippen molar-refractivity contribution in [1.82, 2.24) is 25.1 Å². The Balaban J connectivity index is 1.60. The van der Waals surface area contributed by atoms with Gasteiger partial charge in [-0.25, -0.2) is 0 Å². The first kappa shape index (κ1) is 15.2. The lowest BCUT2D eigenvalue weighted by Gasteiger charge is -2.09. The van der Waals surface area contributed by atoms with Crippen LogP contribution >= 0.6 is 11.3 Å². The Kier molecular flexibility index (Phi) is 4.00. The molecule has 1 amide bonds. The van der Waals surface area contributed by atoms with Gasteiger partial charge in [-0.3, -0.25) is 4.79 Å². The van der Waals surface area contributed by atoms with Crippen molar-refractivity contribution in [3.63, 3.8) is 0 Å². The Labute approximate surface area is 126 Å². The number of hydrogen-bond acceptors (Lipinski definition) is 6. The summed E-state index contributed by atoms with van der Waals surface area (Å²) in [6.07, 6.45) is -3.15. The number of carbonyl (C=O) groups excluding carboxylic acids is 1. The number of alkyl halides is 3. The van der Waals surface area contributed by atoms with Crippen molar-refractivity contribution in [1.29, 1.82) is 0 Å². The first-order valence-corrected chi connectivity index (χ1v) is 7.44. The molecule has 1 saturated heterocycles. The van der Waals surface area contributed by atoms with E-state index in [1.165, 1.54) is 0 Å². The first-order chi connectivity index (χ1) is 10.4. The summed E-state index contributed by atoms with van der Waals surface area (Å²) in [7, 11) is 0. The highest BCUT2D eigenvalue weighted by molar-refractivity contribution is 7.16. The minimum atomic E-state index is -4.60. The quantitative estimate of drug-likeness (QED) is 0.903. The second-order valence-electron chi connectivity index (χ2n) is 4.75. The van der Waals surface area contributed by atoms with E-state index in [2.05, 4.69) is 20.6 Å². The van der Waals surface area contributed by atoms with E-state index in [0.717, 1.165) is 17.8 Å². The van der Waals surface area contributed by atoms with E-state index in [9.17, 15) is 18.0 Å². The van der Waals surface area contributed by atoms with Crippen LogP contribution in [0.3, 0.4) is 0 Å². The molecule has 0 saturated carbocycles. The van der Waals surface area contributed by atoms with E-state index in [4.69, 9.17) is 4.74 Å². The average Bonchev–Trinajstić information content (AvgIpc) is 3.13. The molecule has 1 aliphatic heterocycles. The summed E-state index contributed by atoms with van der Waals surface area (Å²) >= 11 is 1.01. The summed E-state index contributed by atoms with van der Waals surface area (Å²) in [5, 5.41) is 13.5. The molecular formula is C11H12F3N5O2S. The third kappa shape index (κ3) is 3.04. The molecule has 3 rings (SSSR count). The number of fused-ring (bicyclic) bond motifs is 1. The maximum Gasteiger partial charge on any atom is 0.453 e. The largest absolute Gasteiger partial charge is 0.453 e. The molecule has 0 aromatic carbocycles. The van der Waals surface area contributed by atoms with Gasteiger partial charge in [-0.15, -0.1) is 10.2 Å². The van der Waals surface area contributed by atoms with Crippen LogP contribution in [0.15, 0.2) is 0 Å². The van der Waals surface area contributed by atoms with Crippen molar-refractivity contribution in [2.75, 3.05) is 13.2 Å². The molecule has 22 heavy (non-hydrogen) atoms. The molecule has 120 valence electrons. The first-order valence-electron chi connectivity index (χ1n) is 6.63. The maximum atomic E-state index is 12.7. The van der Waals surface area contributed by atoms with E-state index in [1.807, 2.05) is 0 Å². The van der Waals surface area contributed by atoms with Crippen molar-refractivity contribution >= 4 is 22.2 Å². The molecule has 0 spiro atoms. The molecule has 0 bridgehead atoms. The molecule has 1 unspecified atom stereocenters. The van der Waals surface area contributed by atoms with Crippen LogP contribution in [0.2, 0.25) is 0 Å². The van der Waals surface area contributed by atoms with Gasteiger partial charge in [0.15, 0.2) is 0 Å². The SMILES string of the molecule is O=C(NCCc1nn2c(C(F)(F)F)nnc2s1)C1CCCO1. The lowest BCUT2D eigenvalue weighted by Crippen LogP contribution is -2.35. The van der Waals surface area contributed by atoms with Gasteiger partial charge in [-0.05, 0) is 12.8 Å². The van der Waals surface area contributed by atoms with Gasteiger partial charge in [0.2, 0.25) is 10.9 Å². The van der Waals surface area contributed by atoms with Crippen LogP contribution in [0.5, 0.6) is 0 Å². The monoisotopic (exact) mass is 335 g/mol. The smallest absolute Gasteiger partial charge is 0.368 e. The molecule has 2 aromatic heterocycles. The van der Waals surface area contributed by atoms with Gasteiger partial charge in [0, 0.05) is 19.6 Å². The fourth-order valence-electron chi connectivity index (χ4n) is 2.13. The van der Waals surface area contributed by atoms with Gasteiger partial charge in [0.25, 0.3) is 5.82 Å². The molecular weight excluding hydrogens is 323 g/mol. The number of nitrogens with zero attached hydrogens (tertiary/aromatic N) is 4. The Hall–Kier alpha value is -1.75. The standard InChI is InChI=1S/C11H12F3N5O2S/c12-11(13,14)9-16-17-10-19(9)18-7(22-10)3-4-15-8(20)6-2-1-5-21-6/h6H,1-5H2,(H,15,20). The van der Waals surface area contributed by atoms with Gasteiger partial charge < -0.3 is 10.1 Å². The summed E-state index contributed by atoms with van der Waals surface area (Å²) in [5.41, 5.74) is 0. The lowest BCUT2D eigenvalue weighted by molar-refractivity contribution is -0.146. The predicted octanol–water partition coefficient (Wildman–Crippen LogP) is 1.04. The number of aromatic nitrogens is 4. The van der Waals surface area contributed by atoms with Gasteiger partial charge in [0.05, 0.1) is 0 Å². The Morgan fingerprint density at radius 3 is 2.95 bits per heavy atom. The van der Waals surface area contributed by atoms with Gasteiger partial charge in [-0.1, -0.05) is 11.3 Å². The van der Waals surface area contributed by atoms with Gasteiger partial charge in [-0.2, -0.15) is 22.8 Å². The number of halogens is 3. The minimum absolute atomic E-state index is 0.0766. The summed E-state index contributed by atoms with van der Waals surface area (Å²) in [4.78, 5) is 11.8. The second kappa shape index (κ2) is 5.80. The number of amides is 1. The van der Waals surface area contributed by atoms with Crippen molar-refractivity contribution in [3.8, 4) is 0 Å². The van der Waals surface area contributed by atoms with Crippen molar-refractivity contribution < 1.29 is 22.7 Å². The summed E-state index contributed by atoms with van der Waals surface area (Å²) in [5.74, 6) is -1.34. The Bertz CT molecular complexity index is 677. The van der Waals surface area contributed by atoms with Crippen LogP contribution in [0.25, 0.3) is 4.96 Å². The highest BCUT2D eigenvalue weighted by atomic mass is 32.1. The zero-order chi connectivity index (χ0) is 15.7. The Morgan fingerprint density at radius 2 is 2.27 bits per heavy atom. The van der Waals surface area contributed by atoms with E-state index < -0.39 is 18.1 Å². The highest BCUT2D eigenvalue weighted by Gasteiger charge is 2.38. The highest BCUT2D eigenvalue weighted by Crippen LogP contribution is 2.28. The number of carbonyl (C=O) groups is 1. The minimum Gasteiger partial charge on any atom is -0.368 e. The van der Waals surface area contributed by atoms with Crippen molar-refractivity contribution in [2.24, 2.45) is 0 Å². The topological polar surface area (TPSA) is 81.4 Å². The number of ether oxygens (including phenoxy) is 1. The van der Waals surface area contributed by atoms with Gasteiger partial charge in [0.1, 0.15) is 11.1 Å².